The highest BCUT2D eigenvalue weighted by atomic mass is 79.9. The van der Waals surface area contributed by atoms with Crippen LogP contribution in [0, 0.1) is 6.92 Å². The molecule has 0 unspecified atom stereocenters. The van der Waals surface area contributed by atoms with Gasteiger partial charge in [-0.15, -0.1) is 0 Å². The predicted molar refractivity (Wildman–Crippen MR) is 81.8 cm³/mol. The van der Waals surface area contributed by atoms with E-state index in [1.807, 2.05) is 37.3 Å². The SMILES string of the molecule is Cc1cccc(Cn2cnc3cc(Br)ccc3c2=O)n1. The molecule has 0 fully saturated rings. The monoisotopic (exact) mass is 329 g/mol. The first-order valence-corrected chi connectivity index (χ1v) is 7.00. The van der Waals surface area contributed by atoms with Crippen molar-refractivity contribution in [3.63, 3.8) is 0 Å². The molecular formula is C15H12BrN3O. The van der Waals surface area contributed by atoms with E-state index in [2.05, 4.69) is 25.9 Å². The van der Waals surface area contributed by atoms with Gasteiger partial charge in [-0.1, -0.05) is 22.0 Å². The molecule has 0 radical (unpaired) electrons. The van der Waals surface area contributed by atoms with Gasteiger partial charge in [0.25, 0.3) is 5.56 Å². The standard InChI is InChI=1S/C15H12BrN3O/c1-10-3-2-4-12(18-10)8-19-9-17-14-7-11(16)5-6-13(14)15(19)20/h2-7,9H,8H2,1H3. The first-order chi connectivity index (χ1) is 9.63. The topological polar surface area (TPSA) is 47.8 Å². The predicted octanol–water partition coefficient (Wildman–Crippen LogP) is 2.91. The Hall–Kier alpha value is -2.01. The van der Waals surface area contributed by atoms with Gasteiger partial charge in [-0.05, 0) is 37.3 Å². The van der Waals surface area contributed by atoms with Gasteiger partial charge in [0.1, 0.15) is 0 Å². The number of rotatable bonds is 2. The zero-order chi connectivity index (χ0) is 14.1. The fraction of sp³-hybridized carbons (Fsp3) is 0.133. The number of benzene rings is 1. The molecule has 0 saturated heterocycles. The van der Waals surface area contributed by atoms with E-state index >= 15 is 0 Å². The van der Waals surface area contributed by atoms with E-state index in [-0.39, 0.29) is 5.56 Å². The number of halogens is 1. The molecule has 3 rings (SSSR count). The molecule has 0 aliphatic heterocycles. The maximum atomic E-state index is 12.4. The molecule has 0 aliphatic carbocycles. The van der Waals surface area contributed by atoms with E-state index in [0.717, 1.165) is 15.9 Å². The number of hydrogen-bond donors (Lipinski definition) is 0. The van der Waals surface area contributed by atoms with E-state index in [0.29, 0.717) is 17.4 Å². The molecule has 1 aromatic carbocycles. The summed E-state index contributed by atoms with van der Waals surface area (Å²) in [4.78, 5) is 21.1. The van der Waals surface area contributed by atoms with Crippen LogP contribution in [0.5, 0.6) is 0 Å². The highest BCUT2D eigenvalue weighted by Crippen LogP contribution is 2.15. The number of hydrogen-bond acceptors (Lipinski definition) is 3. The molecule has 0 bridgehead atoms. The van der Waals surface area contributed by atoms with Crippen molar-refractivity contribution in [2.75, 3.05) is 0 Å². The van der Waals surface area contributed by atoms with Crippen LogP contribution in [-0.2, 0) is 6.54 Å². The molecule has 0 amide bonds. The number of nitrogens with zero attached hydrogens (tertiary/aromatic N) is 3. The quantitative estimate of drug-likeness (QED) is 0.726. The summed E-state index contributed by atoms with van der Waals surface area (Å²) >= 11 is 3.38. The summed E-state index contributed by atoms with van der Waals surface area (Å²) in [6.07, 6.45) is 1.57. The second-order valence-corrected chi connectivity index (χ2v) is 5.53. The average molecular weight is 330 g/mol. The minimum absolute atomic E-state index is 0.0502. The summed E-state index contributed by atoms with van der Waals surface area (Å²) < 4.78 is 2.49. The summed E-state index contributed by atoms with van der Waals surface area (Å²) in [6, 6.07) is 11.3. The number of aromatic nitrogens is 3. The molecule has 3 aromatic rings. The van der Waals surface area contributed by atoms with Crippen LogP contribution in [-0.4, -0.2) is 14.5 Å². The summed E-state index contributed by atoms with van der Waals surface area (Å²) in [5.74, 6) is 0. The van der Waals surface area contributed by atoms with Crippen molar-refractivity contribution in [3.8, 4) is 0 Å². The van der Waals surface area contributed by atoms with Crippen LogP contribution >= 0.6 is 15.9 Å². The fourth-order valence-corrected chi connectivity index (χ4v) is 2.46. The summed E-state index contributed by atoms with van der Waals surface area (Å²) in [5, 5.41) is 0.614. The molecule has 20 heavy (non-hydrogen) atoms. The van der Waals surface area contributed by atoms with Gasteiger partial charge in [-0.3, -0.25) is 14.3 Å². The van der Waals surface area contributed by atoms with Crippen molar-refractivity contribution < 1.29 is 0 Å². The van der Waals surface area contributed by atoms with E-state index in [1.54, 1.807) is 17.0 Å². The van der Waals surface area contributed by atoms with E-state index in [9.17, 15) is 4.79 Å². The third kappa shape index (κ3) is 2.49. The smallest absolute Gasteiger partial charge is 0.261 e. The molecule has 0 saturated carbocycles. The van der Waals surface area contributed by atoms with Crippen molar-refractivity contribution in [2.45, 2.75) is 13.5 Å². The van der Waals surface area contributed by atoms with Gasteiger partial charge in [0.05, 0.1) is 29.5 Å². The van der Waals surface area contributed by atoms with Crippen LogP contribution in [0.15, 0.2) is 52.0 Å². The first kappa shape index (κ1) is 13.0. The van der Waals surface area contributed by atoms with Crippen LogP contribution in [0.4, 0.5) is 0 Å². The molecule has 0 N–H and O–H groups in total. The molecular weight excluding hydrogens is 318 g/mol. The zero-order valence-corrected chi connectivity index (χ0v) is 12.5. The van der Waals surface area contributed by atoms with Crippen LogP contribution in [0.2, 0.25) is 0 Å². The maximum absolute atomic E-state index is 12.4. The van der Waals surface area contributed by atoms with Crippen molar-refractivity contribution in [1.82, 2.24) is 14.5 Å². The van der Waals surface area contributed by atoms with Gasteiger partial charge in [-0.25, -0.2) is 4.98 Å². The van der Waals surface area contributed by atoms with E-state index < -0.39 is 0 Å². The third-order valence-electron chi connectivity index (χ3n) is 3.07. The molecule has 0 spiro atoms. The van der Waals surface area contributed by atoms with Gasteiger partial charge in [0.15, 0.2) is 0 Å². The Morgan fingerprint density at radius 2 is 2.10 bits per heavy atom. The van der Waals surface area contributed by atoms with Gasteiger partial charge in [0.2, 0.25) is 0 Å². The van der Waals surface area contributed by atoms with E-state index in [1.165, 1.54) is 0 Å². The van der Waals surface area contributed by atoms with E-state index in [4.69, 9.17) is 0 Å². The third-order valence-corrected chi connectivity index (χ3v) is 3.56. The highest BCUT2D eigenvalue weighted by molar-refractivity contribution is 9.10. The molecule has 100 valence electrons. The van der Waals surface area contributed by atoms with Crippen LogP contribution in [0.3, 0.4) is 0 Å². The lowest BCUT2D eigenvalue weighted by molar-refractivity contribution is 0.727. The minimum atomic E-state index is -0.0502. The van der Waals surface area contributed by atoms with Crippen LogP contribution in [0.25, 0.3) is 10.9 Å². The highest BCUT2D eigenvalue weighted by Gasteiger charge is 2.05. The largest absolute Gasteiger partial charge is 0.293 e. The Bertz CT molecular complexity index is 842. The Kier molecular flexibility index (Phi) is 3.36. The second-order valence-electron chi connectivity index (χ2n) is 4.61. The average Bonchev–Trinajstić information content (AvgIpc) is 2.42. The Morgan fingerprint density at radius 1 is 1.25 bits per heavy atom. The molecule has 0 atom stereocenters. The fourth-order valence-electron chi connectivity index (χ4n) is 2.11. The van der Waals surface area contributed by atoms with Gasteiger partial charge < -0.3 is 0 Å². The lowest BCUT2D eigenvalue weighted by Crippen LogP contribution is -2.21. The van der Waals surface area contributed by atoms with Crippen molar-refractivity contribution in [1.29, 1.82) is 0 Å². The van der Waals surface area contributed by atoms with Gasteiger partial charge in [0, 0.05) is 10.2 Å². The Morgan fingerprint density at radius 3 is 2.90 bits per heavy atom. The Balaban J connectivity index is 2.07. The Labute approximate surface area is 124 Å². The lowest BCUT2D eigenvalue weighted by atomic mass is 10.2. The summed E-state index contributed by atoms with van der Waals surface area (Å²) in [7, 11) is 0. The second kappa shape index (κ2) is 5.17. The molecule has 2 heterocycles. The van der Waals surface area contributed by atoms with Crippen LogP contribution in [0.1, 0.15) is 11.4 Å². The molecule has 5 heteroatoms. The zero-order valence-electron chi connectivity index (χ0n) is 10.9. The molecule has 2 aromatic heterocycles. The minimum Gasteiger partial charge on any atom is -0.293 e. The molecule has 4 nitrogen and oxygen atoms in total. The number of pyridine rings is 1. The summed E-state index contributed by atoms with van der Waals surface area (Å²) in [5.41, 5.74) is 2.43. The lowest BCUT2D eigenvalue weighted by Gasteiger charge is -2.07. The number of aryl methyl sites for hydroxylation is 1. The van der Waals surface area contributed by atoms with Crippen molar-refractivity contribution in [2.24, 2.45) is 0 Å². The van der Waals surface area contributed by atoms with Gasteiger partial charge in [-0.2, -0.15) is 0 Å². The maximum Gasteiger partial charge on any atom is 0.261 e. The first-order valence-electron chi connectivity index (χ1n) is 6.21. The summed E-state index contributed by atoms with van der Waals surface area (Å²) in [6.45, 7) is 2.36. The normalized spacial score (nSPS) is 10.9. The van der Waals surface area contributed by atoms with Crippen LogP contribution < -0.4 is 5.56 Å². The molecule has 0 aliphatic rings. The van der Waals surface area contributed by atoms with Crippen molar-refractivity contribution in [3.05, 3.63) is 68.9 Å². The van der Waals surface area contributed by atoms with Gasteiger partial charge >= 0.3 is 0 Å². The van der Waals surface area contributed by atoms with Crippen molar-refractivity contribution >= 4 is 26.8 Å². The number of fused-ring (bicyclic) bond motifs is 1.